The van der Waals surface area contributed by atoms with Gasteiger partial charge in [-0.1, -0.05) is 23.7 Å². The first kappa shape index (κ1) is 10.5. The van der Waals surface area contributed by atoms with Gasteiger partial charge in [0, 0.05) is 5.02 Å². The molecule has 0 aliphatic carbocycles. The van der Waals surface area contributed by atoms with Crippen LogP contribution in [0.25, 0.3) is 0 Å². The SMILES string of the molecule is O=CC(NC(=O)O)c1ccc(Cl)cc1. The van der Waals surface area contributed by atoms with E-state index in [0.29, 0.717) is 16.9 Å². The molecule has 4 nitrogen and oxygen atoms in total. The first-order chi connectivity index (χ1) is 6.63. The molecule has 0 bridgehead atoms. The van der Waals surface area contributed by atoms with Crippen LogP contribution in [0.1, 0.15) is 11.6 Å². The Bertz CT molecular complexity index is 336. The van der Waals surface area contributed by atoms with Gasteiger partial charge in [0.1, 0.15) is 12.3 Å². The minimum absolute atomic E-state index is 0.525. The van der Waals surface area contributed by atoms with E-state index >= 15 is 0 Å². The second-order valence-corrected chi connectivity index (χ2v) is 3.05. The summed E-state index contributed by atoms with van der Waals surface area (Å²) in [4.78, 5) is 20.9. The molecule has 2 N–H and O–H groups in total. The summed E-state index contributed by atoms with van der Waals surface area (Å²) < 4.78 is 0. The summed E-state index contributed by atoms with van der Waals surface area (Å²) in [6, 6.07) is 5.53. The van der Waals surface area contributed by atoms with Gasteiger partial charge in [-0.2, -0.15) is 0 Å². The summed E-state index contributed by atoms with van der Waals surface area (Å²) in [5.74, 6) is 0. The second kappa shape index (κ2) is 4.62. The van der Waals surface area contributed by atoms with Crippen LogP contribution in [-0.2, 0) is 4.79 Å². The molecule has 1 atom stereocenters. The average molecular weight is 214 g/mol. The van der Waals surface area contributed by atoms with Gasteiger partial charge in [0.05, 0.1) is 0 Å². The van der Waals surface area contributed by atoms with Gasteiger partial charge in [-0.3, -0.25) is 0 Å². The molecule has 0 heterocycles. The number of aldehydes is 1. The lowest BCUT2D eigenvalue weighted by Gasteiger charge is -2.09. The van der Waals surface area contributed by atoms with Crippen molar-refractivity contribution < 1.29 is 14.7 Å². The van der Waals surface area contributed by atoms with E-state index in [0.717, 1.165) is 0 Å². The number of hydrogen-bond acceptors (Lipinski definition) is 2. The van der Waals surface area contributed by atoms with E-state index in [1.165, 1.54) is 0 Å². The number of carbonyl (C=O) groups excluding carboxylic acids is 1. The molecule has 1 aromatic rings. The van der Waals surface area contributed by atoms with Crippen molar-refractivity contribution in [2.24, 2.45) is 0 Å². The molecule has 1 amide bonds. The Balaban J connectivity index is 2.84. The molecule has 1 rings (SSSR count). The van der Waals surface area contributed by atoms with Crippen molar-refractivity contribution in [3.8, 4) is 0 Å². The Morgan fingerprint density at radius 3 is 2.43 bits per heavy atom. The topological polar surface area (TPSA) is 66.4 Å². The molecular formula is C9H8ClNO3. The second-order valence-electron chi connectivity index (χ2n) is 2.61. The fraction of sp³-hybridized carbons (Fsp3) is 0.111. The van der Waals surface area contributed by atoms with Gasteiger partial charge in [-0.15, -0.1) is 0 Å². The number of benzene rings is 1. The lowest BCUT2D eigenvalue weighted by Crippen LogP contribution is -2.27. The molecule has 0 saturated heterocycles. The molecule has 5 heteroatoms. The summed E-state index contributed by atoms with van der Waals surface area (Å²) in [5.41, 5.74) is 0.562. The lowest BCUT2D eigenvalue weighted by molar-refractivity contribution is -0.109. The van der Waals surface area contributed by atoms with Crippen LogP contribution < -0.4 is 5.32 Å². The molecule has 14 heavy (non-hydrogen) atoms. The van der Waals surface area contributed by atoms with Crippen molar-refractivity contribution in [3.63, 3.8) is 0 Å². The molecule has 0 spiro atoms. The predicted octanol–water partition coefficient (Wildman–Crippen LogP) is 1.85. The number of hydrogen-bond donors (Lipinski definition) is 2. The minimum Gasteiger partial charge on any atom is -0.465 e. The minimum atomic E-state index is -1.24. The summed E-state index contributed by atoms with van der Waals surface area (Å²) in [6.45, 7) is 0. The molecular weight excluding hydrogens is 206 g/mol. The number of rotatable bonds is 3. The fourth-order valence-electron chi connectivity index (χ4n) is 0.999. The van der Waals surface area contributed by atoms with Gasteiger partial charge in [-0.05, 0) is 17.7 Å². The fourth-order valence-corrected chi connectivity index (χ4v) is 1.13. The van der Waals surface area contributed by atoms with E-state index in [9.17, 15) is 9.59 Å². The summed E-state index contributed by atoms with van der Waals surface area (Å²) in [6.07, 6.45) is -0.714. The Hall–Kier alpha value is -1.55. The van der Waals surface area contributed by atoms with Crippen LogP contribution in [0.15, 0.2) is 24.3 Å². The summed E-state index contributed by atoms with van der Waals surface area (Å²) in [5, 5.41) is 11.0. The highest BCUT2D eigenvalue weighted by atomic mass is 35.5. The van der Waals surface area contributed by atoms with Crippen LogP contribution in [0.5, 0.6) is 0 Å². The third-order valence-corrected chi connectivity index (χ3v) is 1.90. The Kier molecular flexibility index (Phi) is 3.48. The van der Waals surface area contributed by atoms with E-state index in [4.69, 9.17) is 16.7 Å². The van der Waals surface area contributed by atoms with Crippen molar-refractivity contribution in [1.29, 1.82) is 0 Å². The van der Waals surface area contributed by atoms with Gasteiger partial charge >= 0.3 is 6.09 Å². The highest BCUT2D eigenvalue weighted by molar-refractivity contribution is 6.30. The first-order valence-corrected chi connectivity index (χ1v) is 4.21. The van der Waals surface area contributed by atoms with E-state index < -0.39 is 12.1 Å². The highest BCUT2D eigenvalue weighted by Crippen LogP contribution is 2.14. The molecule has 0 fully saturated rings. The Labute approximate surface area is 85.5 Å². The number of amides is 1. The van der Waals surface area contributed by atoms with E-state index in [1.807, 2.05) is 0 Å². The number of halogens is 1. The standard InChI is InChI=1S/C9H8ClNO3/c10-7-3-1-6(2-4-7)8(5-12)11-9(13)14/h1-5,8,11H,(H,13,14). The van der Waals surface area contributed by atoms with Gasteiger partial charge in [0.25, 0.3) is 0 Å². The van der Waals surface area contributed by atoms with Crippen LogP contribution >= 0.6 is 11.6 Å². The van der Waals surface area contributed by atoms with Crippen molar-refractivity contribution in [3.05, 3.63) is 34.9 Å². The third-order valence-electron chi connectivity index (χ3n) is 1.64. The zero-order valence-electron chi connectivity index (χ0n) is 7.11. The molecule has 0 aliphatic rings. The van der Waals surface area contributed by atoms with Crippen LogP contribution in [-0.4, -0.2) is 17.5 Å². The first-order valence-electron chi connectivity index (χ1n) is 3.83. The van der Waals surface area contributed by atoms with Crippen molar-refractivity contribution >= 4 is 24.0 Å². The maximum atomic E-state index is 10.6. The zero-order chi connectivity index (χ0) is 10.6. The molecule has 0 aromatic heterocycles. The Morgan fingerprint density at radius 1 is 1.43 bits per heavy atom. The maximum Gasteiger partial charge on any atom is 0.405 e. The third kappa shape index (κ3) is 2.74. The van der Waals surface area contributed by atoms with Crippen molar-refractivity contribution in [2.75, 3.05) is 0 Å². The predicted molar refractivity (Wildman–Crippen MR) is 51.4 cm³/mol. The molecule has 0 saturated carbocycles. The van der Waals surface area contributed by atoms with Crippen molar-refractivity contribution in [1.82, 2.24) is 5.32 Å². The van der Waals surface area contributed by atoms with Gasteiger partial charge in [-0.25, -0.2) is 4.79 Å². The number of carbonyl (C=O) groups is 2. The molecule has 1 unspecified atom stereocenters. The summed E-state index contributed by atoms with van der Waals surface area (Å²) >= 11 is 5.64. The number of carboxylic acid groups (broad SMARTS) is 1. The lowest BCUT2D eigenvalue weighted by atomic mass is 10.1. The number of nitrogens with one attached hydrogen (secondary N) is 1. The molecule has 0 aliphatic heterocycles. The van der Waals surface area contributed by atoms with E-state index in [1.54, 1.807) is 24.3 Å². The van der Waals surface area contributed by atoms with Crippen LogP contribution in [0.3, 0.4) is 0 Å². The smallest absolute Gasteiger partial charge is 0.405 e. The monoisotopic (exact) mass is 213 g/mol. The van der Waals surface area contributed by atoms with Crippen molar-refractivity contribution in [2.45, 2.75) is 6.04 Å². The maximum absolute atomic E-state index is 10.6. The van der Waals surface area contributed by atoms with E-state index in [-0.39, 0.29) is 0 Å². The largest absolute Gasteiger partial charge is 0.465 e. The highest BCUT2D eigenvalue weighted by Gasteiger charge is 2.11. The normalized spacial score (nSPS) is 11.8. The zero-order valence-corrected chi connectivity index (χ0v) is 7.86. The van der Waals surface area contributed by atoms with Crippen LogP contribution in [0.2, 0.25) is 5.02 Å². The molecule has 74 valence electrons. The quantitative estimate of drug-likeness (QED) is 0.753. The van der Waals surface area contributed by atoms with Crippen LogP contribution in [0.4, 0.5) is 4.79 Å². The van der Waals surface area contributed by atoms with Gasteiger partial charge in [0.15, 0.2) is 0 Å². The molecule has 1 aromatic carbocycles. The van der Waals surface area contributed by atoms with Gasteiger partial charge < -0.3 is 15.2 Å². The Morgan fingerprint density at radius 2 is 2.00 bits per heavy atom. The van der Waals surface area contributed by atoms with Crippen LogP contribution in [0, 0.1) is 0 Å². The molecule has 0 radical (unpaired) electrons. The summed E-state index contributed by atoms with van der Waals surface area (Å²) in [7, 11) is 0. The van der Waals surface area contributed by atoms with Gasteiger partial charge in [0.2, 0.25) is 0 Å². The average Bonchev–Trinajstić information content (AvgIpc) is 2.15. The van der Waals surface area contributed by atoms with E-state index in [2.05, 4.69) is 5.32 Å².